The van der Waals surface area contributed by atoms with Gasteiger partial charge in [-0.3, -0.25) is 29.4 Å². The number of ether oxygens (including phenoxy) is 2. The smallest absolute Gasteiger partial charge is 0.330 e. The molecule has 0 bridgehead atoms. The molecule has 10 nitrogen and oxygen atoms in total. The molecule has 0 aromatic heterocycles. The molecule has 166 valence electrons. The zero-order chi connectivity index (χ0) is 23.6. The van der Waals surface area contributed by atoms with E-state index < -0.39 is 52.7 Å². The van der Waals surface area contributed by atoms with Crippen molar-refractivity contribution in [2.45, 2.75) is 19.9 Å². The zero-order valence-electron chi connectivity index (χ0n) is 17.6. The van der Waals surface area contributed by atoms with Crippen molar-refractivity contribution in [1.82, 2.24) is 4.90 Å². The van der Waals surface area contributed by atoms with E-state index in [0.29, 0.717) is 10.6 Å². The second-order valence-corrected chi connectivity index (χ2v) is 7.39. The monoisotopic (exact) mass is 440 g/mol. The lowest BCUT2D eigenvalue weighted by atomic mass is 10.0. The van der Waals surface area contributed by atoms with Crippen molar-refractivity contribution in [3.8, 4) is 5.75 Å². The molecule has 1 heterocycles. The highest BCUT2D eigenvalue weighted by atomic mass is 16.6. The molecular weight excluding hydrogens is 420 g/mol. The fourth-order valence-corrected chi connectivity index (χ4v) is 3.47. The summed E-state index contributed by atoms with van der Waals surface area (Å²) in [5.74, 6) is -3.37. The summed E-state index contributed by atoms with van der Waals surface area (Å²) in [6.45, 7) is 2.57. The van der Waals surface area contributed by atoms with Gasteiger partial charge in [0.2, 0.25) is 0 Å². The minimum Gasteiger partial charge on any atom is -0.497 e. The number of hydrogen-bond acceptors (Lipinski definition) is 8. The second kappa shape index (κ2) is 8.96. The summed E-state index contributed by atoms with van der Waals surface area (Å²) < 4.78 is 10.2. The Balaban J connectivity index is 1.82. The van der Waals surface area contributed by atoms with Gasteiger partial charge in [0.25, 0.3) is 17.5 Å². The number of nitrogens with zero attached hydrogens (tertiary/aromatic N) is 2. The predicted molar refractivity (Wildman–Crippen MR) is 111 cm³/mol. The first-order chi connectivity index (χ1) is 15.2. The van der Waals surface area contributed by atoms with Crippen LogP contribution in [-0.4, -0.2) is 53.1 Å². The molecule has 0 N–H and O–H groups in total. The van der Waals surface area contributed by atoms with Crippen LogP contribution in [0.3, 0.4) is 0 Å². The summed E-state index contributed by atoms with van der Waals surface area (Å²) in [5, 5.41) is 11.3. The first-order valence-corrected chi connectivity index (χ1v) is 9.66. The molecule has 3 rings (SSSR count). The van der Waals surface area contributed by atoms with Gasteiger partial charge in [0.05, 0.1) is 17.6 Å². The number of fused-ring (bicyclic) bond motifs is 1. The predicted octanol–water partition coefficient (Wildman–Crippen LogP) is 2.65. The highest BCUT2D eigenvalue weighted by Gasteiger charge is 2.47. The third kappa shape index (κ3) is 4.07. The van der Waals surface area contributed by atoms with Crippen LogP contribution in [0.25, 0.3) is 0 Å². The molecule has 32 heavy (non-hydrogen) atoms. The van der Waals surface area contributed by atoms with Gasteiger partial charge in [-0.1, -0.05) is 32.0 Å². The Bertz CT molecular complexity index is 1120. The molecule has 10 heteroatoms. The molecule has 0 radical (unpaired) electrons. The Kier molecular flexibility index (Phi) is 6.33. The Hall–Kier alpha value is -4.08. The van der Waals surface area contributed by atoms with Crippen LogP contribution in [0.1, 0.15) is 44.9 Å². The number of esters is 1. The van der Waals surface area contributed by atoms with Crippen LogP contribution in [0.2, 0.25) is 0 Å². The first-order valence-electron chi connectivity index (χ1n) is 9.66. The summed E-state index contributed by atoms with van der Waals surface area (Å²) in [6, 6.07) is 8.61. The largest absolute Gasteiger partial charge is 0.497 e. The number of ketones is 1. The minimum absolute atomic E-state index is 0.157. The van der Waals surface area contributed by atoms with Gasteiger partial charge in [-0.05, 0) is 24.1 Å². The van der Waals surface area contributed by atoms with E-state index in [2.05, 4.69) is 0 Å². The van der Waals surface area contributed by atoms with E-state index in [1.54, 1.807) is 26.0 Å². The summed E-state index contributed by atoms with van der Waals surface area (Å²) in [4.78, 5) is 62.2. The highest BCUT2D eigenvalue weighted by molar-refractivity contribution is 6.24. The van der Waals surface area contributed by atoms with Gasteiger partial charge in [-0.2, -0.15) is 0 Å². The van der Waals surface area contributed by atoms with Crippen LogP contribution < -0.4 is 4.74 Å². The fourth-order valence-electron chi connectivity index (χ4n) is 3.47. The van der Waals surface area contributed by atoms with E-state index in [0.717, 1.165) is 6.07 Å². The number of Topliss-reactive ketones (excluding diaryl/α,β-unsaturated/α-hetero) is 1. The fraction of sp³-hybridized carbons (Fsp3) is 0.273. The maximum atomic E-state index is 12.9. The molecule has 1 unspecified atom stereocenters. The third-order valence-corrected chi connectivity index (χ3v) is 5.01. The van der Waals surface area contributed by atoms with E-state index in [1.807, 2.05) is 0 Å². The molecule has 2 aromatic carbocycles. The zero-order valence-corrected chi connectivity index (χ0v) is 17.6. The topological polar surface area (TPSA) is 133 Å². The normalized spacial score (nSPS) is 13.7. The van der Waals surface area contributed by atoms with Gasteiger partial charge in [0.15, 0.2) is 12.4 Å². The molecule has 1 aliphatic heterocycles. The lowest BCUT2D eigenvalue weighted by molar-refractivity contribution is -0.385. The average molecular weight is 440 g/mol. The molecular formula is C22H20N2O8. The van der Waals surface area contributed by atoms with E-state index in [9.17, 15) is 29.3 Å². The summed E-state index contributed by atoms with van der Waals surface area (Å²) >= 11 is 0. The number of imide groups is 1. The molecule has 2 aromatic rings. The maximum absolute atomic E-state index is 12.9. The van der Waals surface area contributed by atoms with Crippen molar-refractivity contribution in [2.24, 2.45) is 5.92 Å². The van der Waals surface area contributed by atoms with Crippen molar-refractivity contribution in [2.75, 3.05) is 13.7 Å². The van der Waals surface area contributed by atoms with Crippen LogP contribution in [0.5, 0.6) is 5.75 Å². The second-order valence-electron chi connectivity index (χ2n) is 7.39. The van der Waals surface area contributed by atoms with Crippen molar-refractivity contribution in [3.63, 3.8) is 0 Å². The number of carbonyl (C=O) groups excluding carboxylic acids is 4. The Morgan fingerprint density at radius 2 is 1.78 bits per heavy atom. The minimum atomic E-state index is -1.36. The van der Waals surface area contributed by atoms with E-state index in [-0.39, 0.29) is 16.7 Å². The number of methoxy groups -OCH3 is 1. The van der Waals surface area contributed by atoms with Gasteiger partial charge in [-0.15, -0.1) is 0 Å². The van der Waals surface area contributed by atoms with Crippen LogP contribution in [0.15, 0.2) is 42.5 Å². The van der Waals surface area contributed by atoms with Crippen molar-refractivity contribution in [1.29, 1.82) is 0 Å². The number of nitro groups is 1. The number of amides is 2. The molecule has 1 atom stereocenters. The summed E-state index contributed by atoms with van der Waals surface area (Å²) in [5.41, 5.74) is -0.787. The number of nitro benzene ring substituents is 1. The van der Waals surface area contributed by atoms with Gasteiger partial charge in [0.1, 0.15) is 17.4 Å². The Morgan fingerprint density at radius 3 is 2.41 bits per heavy atom. The molecule has 2 amide bonds. The van der Waals surface area contributed by atoms with Crippen molar-refractivity contribution >= 4 is 29.3 Å². The SMILES string of the molecule is COc1cccc(C(=O)COC(=O)C(C(C)C)N2C(=O)c3cccc([N+](=O)[O-])c3C2=O)c1. The Labute approximate surface area is 182 Å². The van der Waals surface area contributed by atoms with Gasteiger partial charge in [0, 0.05) is 11.6 Å². The van der Waals surface area contributed by atoms with Crippen molar-refractivity contribution in [3.05, 3.63) is 69.3 Å². The molecule has 0 fully saturated rings. The van der Waals surface area contributed by atoms with Gasteiger partial charge < -0.3 is 9.47 Å². The van der Waals surface area contributed by atoms with Crippen LogP contribution in [-0.2, 0) is 9.53 Å². The number of rotatable bonds is 8. The van der Waals surface area contributed by atoms with Gasteiger partial charge in [-0.25, -0.2) is 4.79 Å². The Morgan fingerprint density at radius 1 is 1.09 bits per heavy atom. The molecule has 0 saturated heterocycles. The van der Waals surface area contributed by atoms with E-state index in [4.69, 9.17) is 9.47 Å². The molecule has 1 aliphatic rings. The molecule has 0 saturated carbocycles. The summed E-state index contributed by atoms with van der Waals surface area (Å²) in [7, 11) is 1.45. The average Bonchev–Trinajstić information content (AvgIpc) is 3.02. The summed E-state index contributed by atoms with van der Waals surface area (Å²) in [6.07, 6.45) is 0. The van der Waals surface area contributed by atoms with Crippen LogP contribution in [0.4, 0.5) is 5.69 Å². The first kappa shape index (κ1) is 22.6. The van der Waals surface area contributed by atoms with Crippen molar-refractivity contribution < 1.29 is 33.6 Å². The lowest BCUT2D eigenvalue weighted by Gasteiger charge is -2.27. The maximum Gasteiger partial charge on any atom is 0.330 e. The standard InChI is InChI=1S/C22H20N2O8/c1-12(2)19(22(28)32-11-17(25)13-6-4-7-14(10-13)31-3)23-20(26)15-8-5-9-16(24(29)30)18(15)21(23)27/h4-10,12,19H,11H2,1-3H3. The quantitative estimate of drug-likeness (QED) is 0.201. The highest BCUT2D eigenvalue weighted by Crippen LogP contribution is 2.33. The van der Waals surface area contributed by atoms with E-state index >= 15 is 0 Å². The lowest BCUT2D eigenvalue weighted by Crippen LogP contribution is -2.49. The molecule has 0 aliphatic carbocycles. The third-order valence-electron chi connectivity index (χ3n) is 5.01. The van der Waals surface area contributed by atoms with Crippen LogP contribution >= 0.6 is 0 Å². The number of carbonyl (C=O) groups is 4. The number of hydrogen-bond donors (Lipinski definition) is 0. The van der Waals surface area contributed by atoms with Gasteiger partial charge >= 0.3 is 5.97 Å². The van der Waals surface area contributed by atoms with Crippen LogP contribution in [0, 0.1) is 16.0 Å². The number of benzene rings is 2. The van der Waals surface area contributed by atoms with E-state index in [1.165, 1.54) is 31.4 Å². The molecule has 0 spiro atoms.